The summed E-state index contributed by atoms with van der Waals surface area (Å²) >= 11 is 5.65. The van der Waals surface area contributed by atoms with E-state index < -0.39 is 17.8 Å². The standard InChI is InChI=1S/C13H9ClF3N3O/c14-11-7-10(4-5-18-11)20-12(21)19-9-3-1-2-8(6-9)13(15,16)17/h1-7H,(H2,18,19,20,21). The molecular weight excluding hydrogens is 307 g/mol. The van der Waals surface area contributed by atoms with Crippen LogP contribution in [-0.2, 0) is 6.18 Å². The van der Waals surface area contributed by atoms with E-state index in [1.807, 2.05) is 0 Å². The second-order valence-electron chi connectivity index (χ2n) is 4.02. The van der Waals surface area contributed by atoms with Gasteiger partial charge in [0.1, 0.15) is 5.15 Å². The van der Waals surface area contributed by atoms with Gasteiger partial charge in [-0.05, 0) is 30.3 Å². The summed E-state index contributed by atoms with van der Waals surface area (Å²) in [7, 11) is 0. The number of hydrogen-bond acceptors (Lipinski definition) is 2. The van der Waals surface area contributed by atoms with Crippen LogP contribution in [-0.4, -0.2) is 11.0 Å². The summed E-state index contributed by atoms with van der Waals surface area (Å²) in [6, 6.07) is 6.56. The van der Waals surface area contributed by atoms with Crippen molar-refractivity contribution in [1.29, 1.82) is 0 Å². The van der Waals surface area contributed by atoms with Crippen LogP contribution >= 0.6 is 11.6 Å². The molecule has 0 atom stereocenters. The first-order chi connectivity index (χ1) is 9.84. The van der Waals surface area contributed by atoms with Crippen LogP contribution in [0.2, 0.25) is 5.15 Å². The van der Waals surface area contributed by atoms with E-state index in [4.69, 9.17) is 11.6 Å². The van der Waals surface area contributed by atoms with E-state index in [2.05, 4.69) is 15.6 Å². The van der Waals surface area contributed by atoms with Gasteiger partial charge in [0.05, 0.1) is 5.56 Å². The maximum absolute atomic E-state index is 12.5. The Balaban J connectivity index is 2.06. The summed E-state index contributed by atoms with van der Waals surface area (Å²) in [6.07, 6.45) is -3.07. The lowest BCUT2D eigenvalue weighted by molar-refractivity contribution is -0.137. The molecule has 2 N–H and O–H groups in total. The van der Waals surface area contributed by atoms with Crippen molar-refractivity contribution in [2.75, 3.05) is 10.6 Å². The number of carbonyl (C=O) groups excluding carboxylic acids is 1. The van der Waals surface area contributed by atoms with Gasteiger partial charge in [-0.15, -0.1) is 0 Å². The number of rotatable bonds is 2. The van der Waals surface area contributed by atoms with Crippen molar-refractivity contribution >= 4 is 29.0 Å². The molecule has 1 aromatic carbocycles. The third-order valence-corrected chi connectivity index (χ3v) is 2.64. The molecule has 0 saturated heterocycles. The Bertz CT molecular complexity index is 661. The number of nitrogens with one attached hydrogen (secondary N) is 2. The summed E-state index contributed by atoms with van der Waals surface area (Å²) in [4.78, 5) is 15.4. The summed E-state index contributed by atoms with van der Waals surface area (Å²) in [5, 5.41) is 4.93. The van der Waals surface area contributed by atoms with Crippen molar-refractivity contribution in [3.63, 3.8) is 0 Å². The Labute approximate surface area is 122 Å². The van der Waals surface area contributed by atoms with Crippen molar-refractivity contribution in [2.24, 2.45) is 0 Å². The van der Waals surface area contributed by atoms with E-state index in [0.717, 1.165) is 12.1 Å². The highest BCUT2D eigenvalue weighted by atomic mass is 35.5. The molecule has 1 aromatic heterocycles. The molecule has 2 aromatic rings. The van der Waals surface area contributed by atoms with E-state index in [9.17, 15) is 18.0 Å². The lowest BCUT2D eigenvalue weighted by Crippen LogP contribution is -2.19. The van der Waals surface area contributed by atoms with Gasteiger partial charge in [0, 0.05) is 17.6 Å². The van der Waals surface area contributed by atoms with Crippen molar-refractivity contribution in [3.8, 4) is 0 Å². The van der Waals surface area contributed by atoms with Crippen LogP contribution in [0.15, 0.2) is 42.6 Å². The number of urea groups is 1. The molecule has 8 heteroatoms. The Morgan fingerprint density at radius 1 is 1.10 bits per heavy atom. The molecule has 0 unspecified atom stereocenters. The minimum absolute atomic E-state index is 0.0301. The van der Waals surface area contributed by atoms with Gasteiger partial charge in [-0.3, -0.25) is 0 Å². The average molecular weight is 316 g/mol. The van der Waals surface area contributed by atoms with Gasteiger partial charge in [-0.25, -0.2) is 9.78 Å². The van der Waals surface area contributed by atoms with Crippen LogP contribution in [0.5, 0.6) is 0 Å². The van der Waals surface area contributed by atoms with Gasteiger partial charge in [0.25, 0.3) is 0 Å². The highest BCUT2D eigenvalue weighted by molar-refractivity contribution is 6.29. The fraction of sp³-hybridized carbons (Fsp3) is 0.0769. The van der Waals surface area contributed by atoms with E-state index in [1.165, 1.54) is 30.5 Å². The van der Waals surface area contributed by atoms with E-state index >= 15 is 0 Å². The second kappa shape index (κ2) is 6.01. The molecule has 2 rings (SSSR count). The fourth-order valence-corrected chi connectivity index (χ4v) is 1.72. The fourth-order valence-electron chi connectivity index (χ4n) is 1.55. The predicted molar refractivity (Wildman–Crippen MR) is 73.3 cm³/mol. The molecule has 0 radical (unpaired) electrons. The first-order valence-electron chi connectivity index (χ1n) is 5.71. The molecule has 1 heterocycles. The van der Waals surface area contributed by atoms with Gasteiger partial charge in [-0.2, -0.15) is 13.2 Å². The van der Waals surface area contributed by atoms with Crippen LogP contribution in [0.25, 0.3) is 0 Å². The third kappa shape index (κ3) is 4.35. The molecule has 21 heavy (non-hydrogen) atoms. The maximum atomic E-state index is 12.5. The van der Waals surface area contributed by atoms with E-state index in [1.54, 1.807) is 0 Å². The number of amides is 2. The smallest absolute Gasteiger partial charge is 0.308 e. The van der Waals surface area contributed by atoms with Crippen LogP contribution in [0.4, 0.5) is 29.3 Å². The first kappa shape index (κ1) is 15.1. The number of carbonyl (C=O) groups is 1. The number of benzene rings is 1. The minimum Gasteiger partial charge on any atom is -0.308 e. The molecule has 0 aliphatic rings. The van der Waals surface area contributed by atoms with Crippen LogP contribution in [0.1, 0.15) is 5.56 Å². The zero-order valence-electron chi connectivity index (χ0n) is 10.4. The van der Waals surface area contributed by atoms with Gasteiger partial charge in [-0.1, -0.05) is 17.7 Å². The molecule has 0 aliphatic carbocycles. The average Bonchev–Trinajstić information content (AvgIpc) is 2.37. The molecule has 110 valence electrons. The van der Waals surface area contributed by atoms with Crippen molar-refractivity contribution in [3.05, 3.63) is 53.3 Å². The summed E-state index contributed by atoms with van der Waals surface area (Å²) < 4.78 is 37.6. The molecular formula is C13H9ClF3N3O. The van der Waals surface area contributed by atoms with Crippen molar-refractivity contribution < 1.29 is 18.0 Å². The van der Waals surface area contributed by atoms with Gasteiger partial charge in [0.15, 0.2) is 0 Å². The predicted octanol–water partition coefficient (Wildman–Crippen LogP) is 4.40. The monoisotopic (exact) mass is 315 g/mol. The second-order valence-corrected chi connectivity index (χ2v) is 4.41. The van der Waals surface area contributed by atoms with Crippen LogP contribution in [0, 0.1) is 0 Å². The zero-order valence-corrected chi connectivity index (χ0v) is 11.2. The molecule has 4 nitrogen and oxygen atoms in total. The number of halogens is 4. The topological polar surface area (TPSA) is 54.0 Å². The Morgan fingerprint density at radius 2 is 1.76 bits per heavy atom. The molecule has 0 aliphatic heterocycles. The van der Waals surface area contributed by atoms with Crippen LogP contribution < -0.4 is 10.6 Å². The van der Waals surface area contributed by atoms with Gasteiger partial charge in [0.2, 0.25) is 0 Å². The van der Waals surface area contributed by atoms with E-state index in [0.29, 0.717) is 5.69 Å². The number of pyridine rings is 1. The Morgan fingerprint density at radius 3 is 2.38 bits per heavy atom. The quantitative estimate of drug-likeness (QED) is 0.807. The lowest BCUT2D eigenvalue weighted by Gasteiger charge is -2.10. The third-order valence-electron chi connectivity index (χ3n) is 2.43. The Hall–Kier alpha value is -2.28. The molecule has 0 bridgehead atoms. The number of aromatic nitrogens is 1. The molecule has 0 spiro atoms. The van der Waals surface area contributed by atoms with Crippen molar-refractivity contribution in [1.82, 2.24) is 4.98 Å². The maximum Gasteiger partial charge on any atom is 0.416 e. The summed E-state index contributed by atoms with van der Waals surface area (Å²) in [6.45, 7) is 0. The highest BCUT2D eigenvalue weighted by Crippen LogP contribution is 2.30. The number of alkyl halides is 3. The van der Waals surface area contributed by atoms with E-state index in [-0.39, 0.29) is 10.8 Å². The molecule has 0 saturated carbocycles. The molecule has 2 amide bonds. The van der Waals surface area contributed by atoms with Gasteiger partial charge >= 0.3 is 12.2 Å². The SMILES string of the molecule is O=C(Nc1cccc(C(F)(F)F)c1)Nc1ccnc(Cl)c1. The lowest BCUT2D eigenvalue weighted by atomic mass is 10.2. The zero-order chi connectivity index (χ0) is 15.5. The highest BCUT2D eigenvalue weighted by Gasteiger charge is 2.30. The summed E-state index contributed by atoms with van der Waals surface area (Å²) in [5.41, 5.74) is -0.436. The van der Waals surface area contributed by atoms with Crippen molar-refractivity contribution in [2.45, 2.75) is 6.18 Å². The number of hydrogen-bond donors (Lipinski definition) is 2. The molecule has 0 fully saturated rings. The Kier molecular flexibility index (Phi) is 4.32. The largest absolute Gasteiger partial charge is 0.416 e. The number of nitrogens with zero attached hydrogens (tertiary/aromatic N) is 1. The van der Waals surface area contributed by atoms with Gasteiger partial charge < -0.3 is 10.6 Å². The van der Waals surface area contributed by atoms with Crippen LogP contribution in [0.3, 0.4) is 0 Å². The number of anilines is 2. The minimum atomic E-state index is -4.47. The normalized spacial score (nSPS) is 11.0. The first-order valence-corrected chi connectivity index (χ1v) is 6.09. The summed E-state index contributed by atoms with van der Waals surface area (Å²) in [5.74, 6) is 0.